The highest BCUT2D eigenvalue weighted by Gasteiger charge is 2.25. The summed E-state index contributed by atoms with van der Waals surface area (Å²) >= 11 is 0. The molecular formula is C16H20N2O3. The maximum atomic E-state index is 12.4. The molecule has 2 aromatic rings. The minimum absolute atomic E-state index is 0.271. The molecule has 1 heterocycles. The first-order chi connectivity index (χ1) is 9.70. The second-order valence-electron chi connectivity index (χ2n) is 6.07. The molecule has 0 spiro atoms. The van der Waals surface area contributed by atoms with Crippen molar-refractivity contribution in [2.45, 2.75) is 46.3 Å². The van der Waals surface area contributed by atoms with Gasteiger partial charge in [-0.3, -0.25) is 9.36 Å². The number of nitrogens with zero attached hydrogens (tertiary/aromatic N) is 2. The van der Waals surface area contributed by atoms with Gasteiger partial charge in [-0.1, -0.05) is 12.1 Å². The number of hydrogen-bond acceptors (Lipinski definition) is 4. The molecule has 1 aromatic carbocycles. The second kappa shape index (κ2) is 5.31. The molecule has 0 amide bonds. The third-order valence-corrected chi connectivity index (χ3v) is 3.09. The molecule has 21 heavy (non-hydrogen) atoms. The number of fused-ring (bicyclic) bond motifs is 1. The normalized spacial score (nSPS) is 13.2. The Morgan fingerprint density at radius 2 is 1.90 bits per heavy atom. The lowest BCUT2D eigenvalue weighted by atomic mass is 10.2. The number of aromatic nitrogens is 2. The summed E-state index contributed by atoms with van der Waals surface area (Å²) in [5.41, 5.74) is 0.819. The molecule has 0 aliphatic rings. The van der Waals surface area contributed by atoms with E-state index < -0.39 is 17.6 Å². The van der Waals surface area contributed by atoms with Crippen molar-refractivity contribution in [2.75, 3.05) is 0 Å². The highest BCUT2D eigenvalue weighted by molar-refractivity contribution is 5.80. The molecule has 0 saturated carbocycles. The summed E-state index contributed by atoms with van der Waals surface area (Å²) in [5, 5.41) is 0. The minimum Gasteiger partial charge on any atom is -0.458 e. The van der Waals surface area contributed by atoms with Gasteiger partial charge < -0.3 is 4.74 Å². The fourth-order valence-electron chi connectivity index (χ4n) is 2.15. The number of hydrogen-bond donors (Lipinski definition) is 0. The number of ether oxygens (including phenoxy) is 1. The number of aryl methyl sites for hydroxylation is 1. The van der Waals surface area contributed by atoms with Gasteiger partial charge in [0.2, 0.25) is 0 Å². The molecule has 0 saturated heterocycles. The maximum absolute atomic E-state index is 12.4. The molecular weight excluding hydrogens is 268 g/mol. The molecule has 0 radical (unpaired) electrons. The van der Waals surface area contributed by atoms with E-state index in [0.29, 0.717) is 16.7 Å². The van der Waals surface area contributed by atoms with E-state index in [1.54, 1.807) is 40.7 Å². The van der Waals surface area contributed by atoms with Crippen molar-refractivity contribution in [3.63, 3.8) is 0 Å². The van der Waals surface area contributed by atoms with Crippen molar-refractivity contribution < 1.29 is 9.53 Å². The first-order valence-electron chi connectivity index (χ1n) is 6.91. The van der Waals surface area contributed by atoms with Gasteiger partial charge in [0.05, 0.1) is 11.0 Å². The molecule has 5 nitrogen and oxygen atoms in total. The molecule has 0 fully saturated rings. The molecule has 1 unspecified atom stereocenters. The third kappa shape index (κ3) is 3.12. The van der Waals surface area contributed by atoms with E-state index in [9.17, 15) is 9.59 Å². The summed E-state index contributed by atoms with van der Waals surface area (Å²) in [4.78, 5) is 28.9. The Kier molecular flexibility index (Phi) is 3.85. The summed E-state index contributed by atoms with van der Waals surface area (Å²) in [5.74, 6) is -0.430. The van der Waals surface area contributed by atoms with Crippen LogP contribution in [-0.4, -0.2) is 21.1 Å². The van der Waals surface area contributed by atoms with Gasteiger partial charge in [-0.25, -0.2) is 9.78 Å². The maximum Gasteiger partial charge on any atom is 0.329 e. The van der Waals surface area contributed by atoms with Crippen molar-refractivity contribution in [2.24, 2.45) is 0 Å². The Morgan fingerprint density at radius 3 is 2.52 bits per heavy atom. The van der Waals surface area contributed by atoms with Crippen molar-refractivity contribution in [1.82, 2.24) is 9.55 Å². The number of benzene rings is 1. The van der Waals surface area contributed by atoms with Gasteiger partial charge in [0.15, 0.2) is 0 Å². The van der Waals surface area contributed by atoms with Crippen LogP contribution in [0.25, 0.3) is 11.0 Å². The Bertz CT molecular complexity index is 741. The fraction of sp³-hybridized carbons (Fsp3) is 0.438. The molecule has 1 atom stereocenters. The van der Waals surface area contributed by atoms with Crippen molar-refractivity contribution in [1.29, 1.82) is 0 Å². The molecule has 2 rings (SSSR count). The van der Waals surface area contributed by atoms with Crippen LogP contribution in [0.15, 0.2) is 29.1 Å². The summed E-state index contributed by atoms with van der Waals surface area (Å²) in [7, 11) is 0. The van der Waals surface area contributed by atoms with Gasteiger partial charge in [-0.15, -0.1) is 0 Å². The predicted octanol–water partition coefficient (Wildman–Crippen LogP) is 2.61. The largest absolute Gasteiger partial charge is 0.458 e. The standard InChI is InChI=1S/C16H20N2O3/c1-10-14(19)18(11(2)15(20)21-16(3,4)5)13-9-7-6-8-12(13)17-10/h6-9,11H,1-5H3. The SMILES string of the molecule is Cc1nc2ccccc2n(C(C)C(=O)OC(C)(C)C)c1=O. The molecule has 1 aromatic heterocycles. The van der Waals surface area contributed by atoms with Gasteiger partial charge in [0, 0.05) is 0 Å². The van der Waals surface area contributed by atoms with Crippen molar-refractivity contribution >= 4 is 17.0 Å². The van der Waals surface area contributed by atoms with E-state index in [2.05, 4.69) is 4.98 Å². The molecule has 0 N–H and O–H groups in total. The first kappa shape index (κ1) is 15.2. The zero-order valence-electron chi connectivity index (χ0n) is 13.0. The van der Waals surface area contributed by atoms with E-state index >= 15 is 0 Å². The van der Waals surface area contributed by atoms with Gasteiger partial charge in [-0.05, 0) is 46.8 Å². The quantitative estimate of drug-likeness (QED) is 0.797. The summed E-state index contributed by atoms with van der Waals surface area (Å²) in [6, 6.07) is 6.56. The summed E-state index contributed by atoms with van der Waals surface area (Å²) in [6.07, 6.45) is 0. The molecule has 0 bridgehead atoms. The monoisotopic (exact) mass is 288 g/mol. The van der Waals surface area contributed by atoms with Gasteiger partial charge >= 0.3 is 5.97 Å². The van der Waals surface area contributed by atoms with E-state index in [1.165, 1.54) is 4.57 Å². The van der Waals surface area contributed by atoms with Gasteiger partial charge in [0.25, 0.3) is 5.56 Å². The lowest BCUT2D eigenvalue weighted by Crippen LogP contribution is -2.35. The van der Waals surface area contributed by atoms with Crippen LogP contribution in [0.2, 0.25) is 0 Å². The fourth-order valence-corrected chi connectivity index (χ4v) is 2.15. The smallest absolute Gasteiger partial charge is 0.329 e. The number of carbonyl (C=O) groups is 1. The third-order valence-electron chi connectivity index (χ3n) is 3.09. The Morgan fingerprint density at radius 1 is 1.29 bits per heavy atom. The minimum atomic E-state index is -0.705. The predicted molar refractivity (Wildman–Crippen MR) is 81.3 cm³/mol. The zero-order valence-corrected chi connectivity index (χ0v) is 13.0. The lowest BCUT2D eigenvalue weighted by molar-refractivity contribution is -0.158. The Labute approximate surface area is 123 Å². The van der Waals surface area contributed by atoms with Crippen LogP contribution in [0, 0.1) is 6.92 Å². The number of esters is 1. The van der Waals surface area contributed by atoms with Crippen molar-refractivity contribution in [3.05, 3.63) is 40.3 Å². The summed E-state index contributed by atoms with van der Waals surface area (Å²) in [6.45, 7) is 8.72. The number of carbonyl (C=O) groups excluding carboxylic acids is 1. The average Bonchev–Trinajstić information content (AvgIpc) is 2.37. The van der Waals surface area contributed by atoms with Crippen molar-refractivity contribution in [3.8, 4) is 0 Å². The Balaban J connectivity index is 2.57. The Hall–Kier alpha value is -2.17. The summed E-state index contributed by atoms with van der Waals surface area (Å²) < 4.78 is 6.83. The molecule has 0 aliphatic heterocycles. The van der Waals surface area contributed by atoms with Gasteiger partial charge in [-0.2, -0.15) is 0 Å². The first-order valence-corrected chi connectivity index (χ1v) is 6.91. The van der Waals surface area contributed by atoms with Crippen LogP contribution in [0.4, 0.5) is 0 Å². The van der Waals surface area contributed by atoms with Crippen LogP contribution >= 0.6 is 0 Å². The van der Waals surface area contributed by atoms with Crippen LogP contribution in [0.1, 0.15) is 39.4 Å². The average molecular weight is 288 g/mol. The number of para-hydroxylation sites is 2. The lowest BCUT2D eigenvalue weighted by Gasteiger charge is -2.24. The molecule has 5 heteroatoms. The van der Waals surface area contributed by atoms with E-state index in [1.807, 2.05) is 18.2 Å². The van der Waals surface area contributed by atoms with E-state index in [4.69, 9.17) is 4.74 Å². The highest BCUT2D eigenvalue weighted by Crippen LogP contribution is 2.18. The zero-order chi connectivity index (χ0) is 15.8. The van der Waals surface area contributed by atoms with E-state index in [-0.39, 0.29) is 5.56 Å². The van der Waals surface area contributed by atoms with Crippen LogP contribution in [0.5, 0.6) is 0 Å². The van der Waals surface area contributed by atoms with Crippen LogP contribution in [0.3, 0.4) is 0 Å². The topological polar surface area (TPSA) is 61.2 Å². The van der Waals surface area contributed by atoms with E-state index in [0.717, 1.165) is 0 Å². The van der Waals surface area contributed by atoms with Gasteiger partial charge in [0.1, 0.15) is 17.3 Å². The van der Waals surface area contributed by atoms with Crippen LogP contribution in [-0.2, 0) is 9.53 Å². The number of rotatable bonds is 2. The molecule has 112 valence electrons. The molecule has 0 aliphatic carbocycles. The highest BCUT2D eigenvalue weighted by atomic mass is 16.6. The second-order valence-corrected chi connectivity index (χ2v) is 6.07. The van der Waals surface area contributed by atoms with Crippen LogP contribution < -0.4 is 5.56 Å².